The van der Waals surface area contributed by atoms with Crippen molar-refractivity contribution < 1.29 is 16.8 Å². The van der Waals surface area contributed by atoms with Crippen LogP contribution in [0.2, 0.25) is 0 Å². The second-order valence-corrected chi connectivity index (χ2v) is 9.62. The van der Waals surface area contributed by atoms with Gasteiger partial charge in [0.05, 0.1) is 9.64 Å². The maximum atomic E-state index is 12.1. The van der Waals surface area contributed by atoms with E-state index in [1.807, 2.05) is 0 Å². The number of sulfone groups is 1. The molecule has 0 saturated heterocycles. The van der Waals surface area contributed by atoms with Crippen LogP contribution in [0.25, 0.3) is 0 Å². The number of sulfonamides is 1. The molecule has 0 saturated carbocycles. The van der Waals surface area contributed by atoms with E-state index in [1.54, 1.807) is 12.1 Å². The van der Waals surface area contributed by atoms with Crippen molar-refractivity contribution >= 4 is 19.9 Å². The summed E-state index contributed by atoms with van der Waals surface area (Å²) in [6.45, 7) is 3.09. The average Bonchev–Trinajstić information content (AvgIpc) is 2.35. The average molecular weight is 320 g/mol. The van der Waals surface area contributed by atoms with E-state index >= 15 is 0 Å². The van der Waals surface area contributed by atoms with Gasteiger partial charge in [0.15, 0.2) is 9.84 Å². The molecule has 0 heterocycles. The molecule has 0 unspecified atom stereocenters. The molecule has 1 aromatic rings. The summed E-state index contributed by atoms with van der Waals surface area (Å²) >= 11 is 0. The lowest BCUT2D eigenvalue weighted by molar-refractivity contribution is 0.537. The molecule has 0 fully saturated rings. The number of rotatable bonds is 6. The summed E-state index contributed by atoms with van der Waals surface area (Å²) in [5, 5.41) is 0. The van der Waals surface area contributed by atoms with Gasteiger partial charge in [0.25, 0.3) is 0 Å². The van der Waals surface area contributed by atoms with Crippen molar-refractivity contribution in [2.45, 2.75) is 30.0 Å². The molecule has 1 aromatic carbocycles. The minimum Gasteiger partial charge on any atom is -0.326 e. The van der Waals surface area contributed by atoms with Crippen LogP contribution in [0, 0.1) is 0 Å². The first kappa shape index (κ1) is 17.1. The van der Waals surface area contributed by atoms with Crippen LogP contribution in [0.5, 0.6) is 0 Å². The monoisotopic (exact) mass is 320 g/mol. The third-order valence-electron chi connectivity index (χ3n) is 3.16. The zero-order valence-electron chi connectivity index (χ0n) is 11.8. The molecule has 114 valence electrons. The maximum Gasteiger partial charge on any atom is 0.240 e. The van der Waals surface area contributed by atoms with Crippen LogP contribution >= 0.6 is 0 Å². The Morgan fingerprint density at radius 1 is 1.10 bits per heavy atom. The lowest BCUT2D eigenvalue weighted by Gasteiger charge is -2.22. The molecule has 3 N–H and O–H groups in total. The molecule has 0 aliphatic carbocycles. The van der Waals surface area contributed by atoms with Gasteiger partial charge in [-0.15, -0.1) is 0 Å². The third-order valence-corrected chi connectivity index (χ3v) is 6.73. The Kier molecular flexibility index (Phi) is 4.96. The van der Waals surface area contributed by atoms with E-state index in [1.165, 1.54) is 26.0 Å². The fourth-order valence-electron chi connectivity index (χ4n) is 1.29. The molecule has 0 radical (unpaired) electrons. The zero-order chi connectivity index (χ0) is 15.6. The standard InChI is InChI=1S/C12H20N2O4S2/c1-12(2,19(3,15)16)9-14-20(17,18)11-6-4-10(8-13)5-7-11/h4-7,14H,8-9,13H2,1-3H3. The van der Waals surface area contributed by atoms with Crippen molar-refractivity contribution in [3.63, 3.8) is 0 Å². The molecule has 20 heavy (non-hydrogen) atoms. The minimum absolute atomic E-state index is 0.0824. The molecular formula is C12H20N2O4S2. The molecule has 6 nitrogen and oxygen atoms in total. The number of nitrogens with two attached hydrogens (primary N) is 1. The molecule has 0 amide bonds. The Labute approximate surface area is 120 Å². The second kappa shape index (κ2) is 5.80. The molecular weight excluding hydrogens is 300 g/mol. The van der Waals surface area contributed by atoms with E-state index in [9.17, 15) is 16.8 Å². The smallest absolute Gasteiger partial charge is 0.240 e. The summed E-state index contributed by atoms with van der Waals surface area (Å²) in [6.07, 6.45) is 1.08. The third kappa shape index (κ3) is 4.02. The highest BCUT2D eigenvalue weighted by Crippen LogP contribution is 2.16. The van der Waals surface area contributed by atoms with Gasteiger partial charge < -0.3 is 5.73 Å². The minimum atomic E-state index is -3.73. The van der Waals surface area contributed by atoms with Crippen LogP contribution in [0.3, 0.4) is 0 Å². The highest BCUT2D eigenvalue weighted by molar-refractivity contribution is 7.92. The van der Waals surface area contributed by atoms with Crippen molar-refractivity contribution in [1.82, 2.24) is 4.72 Å². The Morgan fingerprint density at radius 2 is 1.60 bits per heavy atom. The van der Waals surface area contributed by atoms with E-state index in [-0.39, 0.29) is 11.4 Å². The molecule has 0 atom stereocenters. The normalized spacial score (nSPS) is 13.4. The van der Waals surface area contributed by atoms with Crippen molar-refractivity contribution in [3.05, 3.63) is 29.8 Å². The van der Waals surface area contributed by atoms with Gasteiger partial charge in [-0.25, -0.2) is 21.6 Å². The van der Waals surface area contributed by atoms with Gasteiger partial charge in [-0.1, -0.05) is 12.1 Å². The van der Waals surface area contributed by atoms with E-state index < -0.39 is 24.6 Å². The van der Waals surface area contributed by atoms with Gasteiger partial charge in [0, 0.05) is 19.3 Å². The van der Waals surface area contributed by atoms with E-state index in [0.29, 0.717) is 6.54 Å². The Bertz CT molecular complexity index is 662. The van der Waals surface area contributed by atoms with Gasteiger partial charge in [-0.2, -0.15) is 0 Å². The van der Waals surface area contributed by atoms with Crippen LogP contribution in [-0.2, 0) is 26.4 Å². The first-order valence-electron chi connectivity index (χ1n) is 5.98. The lowest BCUT2D eigenvalue weighted by Crippen LogP contribution is -2.43. The molecule has 0 aromatic heterocycles. The van der Waals surface area contributed by atoms with Crippen LogP contribution in [-0.4, -0.2) is 34.4 Å². The number of hydrogen-bond donors (Lipinski definition) is 2. The van der Waals surface area contributed by atoms with E-state index in [4.69, 9.17) is 5.73 Å². The van der Waals surface area contributed by atoms with Gasteiger partial charge in [0.1, 0.15) is 0 Å². The predicted octanol–water partition coefficient (Wildman–Crippen LogP) is 0.247. The summed E-state index contributed by atoms with van der Waals surface area (Å²) in [5.74, 6) is 0. The predicted molar refractivity (Wildman–Crippen MR) is 78.4 cm³/mol. The van der Waals surface area contributed by atoms with Crippen LogP contribution in [0.15, 0.2) is 29.2 Å². The number of nitrogens with one attached hydrogen (secondary N) is 1. The van der Waals surface area contributed by atoms with Crippen LogP contribution in [0.4, 0.5) is 0 Å². The Balaban J connectivity index is 2.90. The second-order valence-electron chi connectivity index (χ2n) is 5.20. The maximum absolute atomic E-state index is 12.1. The Hall–Kier alpha value is -0.960. The number of benzene rings is 1. The fourth-order valence-corrected chi connectivity index (χ4v) is 2.93. The largest absolute Gasteiger partial charge is 0.326 e. The summed E-state index contributed by atoms with van der Waals surface area (Å²) in [4.78, 5) is 0.0824. The van der Waals surface area contributed by atoms with Gasteiger partial charge in [0.2, 0.25) is 10.0 Å². The van der Waals surface area contributed by atoms with Gasteiger partial charge >= 0.3 is 0 Å². The highest BCUT2D eigenvalue weighted by Gasteiger charge is 2.31. The molecule has 0 spiro atoms. The highest BCUT2D eigenvalue weighted by atomic mass is 32.2. The SMILES string of the molecule is CC(C)(CNS(=O)(=O)c1ccc(CN)cc1)S(C)(=O)=O. The fraction of sp³-hybridized carbons (Fsp3) is 0.500. The van der Waals surface area contributed by atoms with Gasteiger partial charge in [-0.3, -0.25) is 0 Å². The molecule has 1 rings (SSSR count). The molecule has 8 heteroatoms. The number of hydrogen-bond acceptors (Lipinski definition) is 5. The van der Waals surface area contributed by atoms with Crippen LogP contribution < -0.4 is 10.5 Å². The van der Waals surface area contributed by atoms with Gasteiger partial charge in [-0.05, 0) is 31.5 Å². The Morgan fingerprint density at radius 3 is 2.00 bits per heavy atom. The molecule has 0 bridgehead atoms. The molecule has 0 aliphatic rings. The topological polar surface area (TPSA) is 106 Å². The molecule has 0 aliphatic heterocycles. The first-order chi connectivity index (χ1) is 8.99. The van der Waals surface area contributed by atoms with Crippen molar-refractivity contribution in [3.8, 4) is 0 Å². The van der Waals surface area contributed by atoms with E-state index in [0.717, 1.165) is 11.8 Å². The van der Waals surface area contributed by atoms with Crippen LogP contribution in [0.1, 0.15) is 19.4 Å². The lowest BCUT2D eigenvalue weighted by atomic mass is 10.2. The zero-order valence-corrected chi connectivity index (χ0v) is 13.4. The summed E-state index contributed by atoms with van der Waals surface area (Å²) in [5.41, 5.74) is 6.26. The summed E-state index contributed by atoms with van der Waals surface area (Å²) in [7, 11) is -7.10. The van der Waals surface area contributed by atoms with Crippen molar-refractivity contribution in [2.75, 3.05) is 12.8 Å². The van der Waals surface area contributed by atoms with E-state index in [2.05, 4.69) is 4.72 Å². The first-order valence-corrected chi connectivity index (χ1v) is 9.35. The summed E-state index contributed by atoms with van der Waals surface area (Å²) < 4.78 is 48.4. The van der Waals surface area contributed by atoms with Crippen molar-refractivity contribution in [2.24, 2.45) is 5.73 Å². The summed E-state index contributed by atoms with van der Waals surface area (Å²) in [6, 6.07) is 6.13. The van der Waals surface area contributed by atoms with Crippen molar-refractivity contribution in [1.29, 1.82) is 0 Å². The quantitative estimate of drug-likeness (QED) is 0.781.